The molecule has 0 aliphatic carbocycles. The van der Waals surface area contributed by atoms with E-state index < -0.39 is 0 Å². The predicted octanol–water partition coefficient (Wildman–Crippen LogP) is 2.74. The van der Waals surface area contributed by atoms with Crippen LogP contribution in [0.2, 0.25) is 5.02 Å². The number of ether oxygens (including phenoxy) is 1. The summed E-state index contributed by atoms with van der Waals surface area (Å²) in [5.41, 5.74) is 1.82. The summed E-state index contributed by atoms with van der Waals surface area (Å²) in [6.45, 7) is 1.20. The summed E-state index contributed by atoms with van der Waals surface area (Å²) < 4.78 is 4.99. The Morgan fingerprint density at radius 3 is 2.79 bits per heavy atom. The third-order valence-corrected chi connectivity index (χ3v) is 2.93. The summed E-state index contributed by atoms with van der Waals surface area (Å²) in [6.07, 6.45) is 1.75. The number of halogens is 1. The van der Waals surface area contributed by atoms with Gasteiger partial charge in [-0.25, -0.2) is 4.98 Å². The van der Waals surface area contributed by atoms with Crippen molar-refractivity contribution in [3.63, 3.8) is 0 Å². The predicted molar refractivity (Wildman–Crippen MR) is 74.4 cm³/mol. The lowest BCUT2D eigenvalue weighted by Gasteiger charge is -2.07. The summed E-state index contributed by atoms with van der Waals surface area (Å²) >= 11 is 5.88. The quantitative estimate of drug-likeness (QED) is 0.883. The number of aromatic nitrogens is 1. The molecule has 2 rings (SSSR count). The van der Waals surface area contributed by atoms with Gasteiger partial charge in [0.1, 0.15) is 5.75 Å². The molecular weight excluding hydrogens is 264 g/mol. The number of rotatable bonds is 5. The smallest absolute Gasteiger partial charge is 0.212 e. The molecule has 0 amide bonds. The molecule has 0 saturated carbocycles. The highest BCUT2D eigenvalue weighted by Gasteiger charge is 2.02. The molecule has 100 valence electrons. The molecule has 0 aliphatic rings. The van der Waals surface area contributed by atoms with Crippen molar-refractivity contribution in [2.45, 2.75) is 13.1 Å². The largest absolute Gasteiger partial charge is 0.508 e. The van der Waals surface area contributed by atoms with E-state index in [1.807, 2.05) is 12.1 Å². The van der Waals surface area contributed by atoms with E-state index in [1.54, 1.807) is 31.5 Å². The van der Waals surface area contributed by atoms with Gasteiger partial charge in [-0.1, -0.05) is 17.7 Å². The van der Waals surface area contributed by atoms with Gasteiger partial charge in [0, 0.05) is 35.9 Å². The van der Waals surface area contributed by atoms with Gasteiger partial charge in [0.2, 0.25) is 5.88 Å². The minimum Gasteiger partial charge on any atom is -0.508 e. The van der Waals surface area contributed by atoms with Crippen LogP contribution in [0, 0.1) is 0 Å². The maximum absolute atomic E-state index is 9.67. The molecule has 1 aromatic heterocycles. The summed E-state index contributed by atoms with van der Waals surface area (Å²) in [5.74, 6) is 0.834. The highest BCUT2D eigenvalue weighted by atomic mass is 35.5. The van der Waals surface area contributed by atoms with E-state index in [2.05, 4.69) is 10.3 Å². The molecular formula is C14H15ClN2O2. The van der Waals surface area contributed by atoms with Gasteiger partial charge >= 0.3 is 0 Å². The molecule has 19 heavy (non-hydrogen) atoms. The van der Waals surface area contributed by atoms with Gasteiger partial charge in [0.25, 0.3) is 0 Å². The Hall–Kier alpha value is -1.78. The molecule has 0 fully saturated rings. The van der Waals surface area contributed by atoms with Gasteiger partial charge in [-0.05, 0) is 23.8 Å². The maximum Gasteiger partial charge on any atom is 0.212 e. The van der Waals surface area contributed by atoms with Crippen LogP contribution in [-0.4, -0.2) is 17.2 Å². The number of aromatic hydroxyl groups is 1. The lowest BCUT2D eigenvalue weighted by Crippen LogP contribution is -2.13. The van der Waals surface area contributed by atoms with Crippen molar-refractivity contribution in [2.75, 3.05) is 7.11 Å². The first-order chi connectivity index (χ1) is 9.19. The van der Waals surface area contributed by atoms with E-state index >= 15 is 0 Å². The minimum absolute atomic E-state index is 0.241. The zero-order chi connectivity index (χ0) is 13.7. The van der Waals surface area contributed by atoms with Crippen molar-refractivity contribution >= 4 is 11.6 Å². The number of pyridine rings is 1. The average molecular weight is 279 g/mol. The van der Waals surface area contributed by atoms with Crippen molar-refractivity contribution in [1.29, 1.82) is 0 Å². The van der Waals surface area contributed by atoms with Crippen LogP contribution in [0.3, 0.4) is 0 Å². The monoisotopic (exact) mass is 278 g/mol. The van der Waals surface area contributed by atoms with Crippen LogP contribution in [0.25, 0.3) is 0 Å². The number of nitrogens with zero attached hydrogens (tertiary/aromatic N) is 1. The molecule has 2 aromatic rings. The van der Waals surface area contributed by atoms with Gasteiger partial charge in [-0.3, -0.25) is 0 Å². The fourth-order valence-corrected chi connectivity index (χ4v) is 1.87. The van der Waals surface area contributed by atoms with E-state index in [4.69, 9.17) is 16.3 Å². The van der Waals surface area contributed by atoms with Gasteiger partial charge in [0.15, 0.2) is 0 Å². The highest BCUT2D eigenvalue weighted by Crippen LogP contribution is 2.21. The number of benzene rings is 1. The molecule has 1 heterocycles. The summed E-state index contributed by atoms with van der Waals surface area (Å²) in [6, 6.07) is 8.75. The van der Waals surface area contributed by atoms with E-state index in [1.165, 1.54) is 0 Å². The first kappa shape index (κ1) is 13.6. The normalized spacial score (nSPS) is 10.4. The Labute approximate surface area is 117 Å². The van der Waals surface area contributed by atoms with Crippen molar-refractivity contribution in [3.05, 3.63) is 52.7 Å². The second kappa shape index (κ2) is 6.41. The van der Waals surface area contributed by atoms with Crippen LogP contribution in [-0.2, 0) is 13.1 Å². The second-order valence-corrected chi connectivity index (χ2v) is 4.52. The molecule has 0 aliphatic heterocycles. The van der Waals surface area contributed by atoms with E-state index in [-0.39, 0.29) is 5.75 Å². The van der Waals surface area contributed by atoms with Crippen molar-refractivity contribution < 1.29 is 9.84 Å². The van der Waals surface area contributed by atoms with Gasteiger partial charge < -0.3 is 15.2 Å². The Kier molecular flexibility index (Phi) is 4.60. The molecule has 0 radical (unpaired) electrons. The van der Waals surface area contributed by atoms with E-state index in [0.717, 1.165) is 11.1 Å². The molecule has 0 spiro atoms. The van der Waals surface area contributed by atoms with Crippen molar-refractivity contribution in [1.82, 2.24) is 10.3 Å². The number of methoxy groups -OCH3 is 1. The van der Waals surface area contributed by atoms with Crippen LogP contribution in [0.1, 0.15) is 11.1 Å². The molecule has 4 nitrogen and oxygen atoms in total. The minimum atomic E-state index is 0.241. The van der Waals surface area contributed by atoms with Crippen LogP contribution < -0.4 is 10.1 Å². The maximum atomic E-state index is 9.67. The lowest BCUT2D eigenvalue weighted by molar-refractivity contribution is 0.397. The number of hydrogen-bond donors (Lipinski definition) is 2. The fourth-order valence-electron chi connectivity index (χ4n) is 1.67. The molecule has 0 saturated heterocycles. The molecule has 1 aromatic carbocycles. The lowest BCUT2D eigenvalue weighted by atomic mass is 10.2. The van der Waals surface area contributed by atoms with Gasteiger partial charge in [-0.2, -0.15) is 0 Å². The van der Waals surface area contributed by atoms with Gasteiger partial charge in [-0.15, -0.1) is 0 Å². The van der Waals surface area contributed by atoms with Crippen molar-refractivity contribution in [2.24, 2.45) is 0 Å². The molecule has 5 heteroatoms. The number of phenols is 1. The first-order valence-electron chi connectivity index (χ1n) is 5.86. The van der Waals surface area contributed by atoms with Crippen LogP contribution in [0.4, 0.5) is 0 Å². The van der Waals surface area contributed by atoms with Crippen molar-refractivity contribution in [3.8, 4) is 11.6 Å². The average Bonchev–Trinajstić information content (AvgIpc) is 2.43. The number of phenolic OH excluding ortho intramolecular Hbond substituents is 1. The second-order valence-electron chi connectivity index (χ2n) is 4.09. The number of nitrogens with one attached hydrogen (secondary N) is 1. The zero-order valence-corrected chi connectivity index (χ0v) is 11.3. The first-order valence-corrected chi connectivity index (χ1v) is 6.24. The molecule has 0 bridgehead atoms. The number of hydrogen-bond acceptors (Lipinski definition) is 4. The highest BCUT2D eigenvalue weighted by molar-refractivity contribution is 6.30. The summed E-state index contributed by atoms with van der Waals surface area (Å²) in [7, 11) is 1.59. The molecule has 2 N–H and O–H groups in total. The third-order valence-electron chi connectivity index (χ3n) is 2.69. The standard InChI is InChI=1S/C14H15ClN2O2/c1-19-14-5-2-10(8-17-14)7-16-9-11-6-12(15)3-4-13(11)18/h2-6,8,16,18H,7,9H2,1H3. The Balaban J connectivity index is 1.90. The fraction of sp³-hybridized carbons (Fsp3) is 0.214. The van der Waals surface area contributed by atoms with E-state index in [9.17, 15) is 5.11 Å². The van der Waals surface area contributed by atoms with E-state index in [0.29, 0.717) is 24.0 Å². The molecule has 0 unspecified atom stereocenters. The van der Waals surface area contributed by atoms with Crippen LogP contribution >= 0.6 is 11.6 Å². The molecule has 0 atom stereocenters. The SMILES string of the molecule is COc1ccc(CNCc2cc(Cl)ccc2O)cn1. The summed E-state index contributed by atoms with van der Waals surface area (Å²) in [5, 5.41) is 13.5. The third kappa shape index (κ3) is 3.84. The summed E-state index contributed by atoms with van der Waals surface area (Å²) in [4.78, 5) is 4.12. The zero-order valence-electron chi connectivity index (χ0n) is 10.6. The van der Waals surface area contributed by atoms with Gasteiger partial charge in [0.05, 0.1) is 7.11 Å². The van der Waals surface area contributed by atoms with Crippen LogP contribution in [0.15, 0.2) is 36.5 Å². The van der Waals surface area contributed by atoms with Crippen LogP contribution in [0.5, 0.6) is 11.6 Å². The Bertz CT molecular complexity index is 544. The Morgan fingerprint density at radius 2 is 2.11 bits per heavy atom. The topological polar surface area (TPSA) is 54.4 Å². The Morgan fingerprint density at radius 1 is 1.26 bits per heavy atom.